The first-order valence-corrected chi connectivity index (χ1v) is 8.42. The van der Waals surface area contributed by atoms with Crippen molar-refractivity contribution in [3.63, 3.8) is 0 Å². The maximum absolute atomic E-state index is 12.5. The summed E-state index contributed by atoms with van der Waals surface area (Å²) in [5.41, 5.74) is 2.46. The lowest BCUT2D eigenvalue weighted by atomic mass is 10.2. The summed E-state index contributed by atoms with van der Waals surface area (Å²) in [7, 11) is 1.62. The normalized spacial score (nSPS) is 14.0. The molecule has 0 atom stereocenters. The first kappa shape index (κ1) is 15.5. The van der Waals surface area contributed by atoms with Gasteiger partial charge in [0.15, 0.2) is 0 Å². The van der Waals surface area contributed by atoms with Crippen molar-refractivity contribution in [2.75, 3.05) is 30.4 Å². The zero-order valence-corrected chi connectivity index (χ0v) is 14.1. The van der Waals surface area contributed by atoms with Crippen molar-refractivity contribution in [1.82, 2.24) is 9.97 Å². The standard InChI is InChI=1S/C19H20N4O2/c1-25-15-6-4-13-10-17(21-16(13)11-15)19(24)22-18-7-5-14(12-20-18)23-8-2-3-9-23/h4-7,10-12,21H,2-3,8-9H2,1H3,(H,20,22,24). The molecule has 0 aliphatic carbocycles. The molecule has 6 heteroatoms. The predicted octanol–water partition coefficient (Wildman–Crippen LogP) is 3.42. The van der Waals surface area contributed by atoms with Crippen molar-refractivity contribution in [2.45, 2.75) is 12.8 Å². The largest absolute Gasteiger partial charge is 0.497 e. The van der Waals surface area contributed by atoms with Crippen molar-refractivity contribution >= 4 is 28.3 Å². The second-order valence-electron chi connectivity index (χ2n) is 6.19. The Hall–Kier alpha value is -3.02. The number of aromatic amines is 1. The van der Waals surface area contributed by atoms with Crippen molar-refractivity contribution in [3.8, 4) is 5.75 Å². The summed E-state index contributed by atoms with van der Waals surface area (Å²) in [5, 5.41) is 3.80. The monoisotopic (exact) mass is 336 g/mol. The molecule has 1 aliphatic rings. The summed E-state index contributed by atoms with van der Waals surface area (Å²) in [6.07, 6.45) is 4.27. The Morgan fingerprint density at radius 2 is 2.04 bits per heavy atom. The summed E-state index contributed by atoms with van der Waals surface area (Å²) >= 11 is 0. The van der Waals surface area contributed by atoms with Gasteiger partial charge in [0, 0.05) is 30.1 Å². The van der Waals surface area contributed by atoms with Gasteiger partial charge in [0.1, 0.15) is 17.3 Å². The number of benzene rings is 1. The minimum Gasteiger partial charge on any atom is -0.497 e. The van der Waals surface area contributed by atoms with E-state index in [1.165, 1.54) is 12.8 Å². The van der Waals surface area contributed by atoms with Crippen LogP contribution in [0.5, 0.6) is 5.75 Å². The SMILES string of the molecule is COc1ccc2cc(C(=O)Nc3ccc(N4CCCC4)cn3)[nH]c2c1. The van der Waals surface area contributed by atoms with Crippen LogP contribution < -0.4 is 15.0 Å². The third-order valence-electron chi connectivity index (χ3n) is 4.53. The fourth-order valence-electron chi connectivity index (χ4n) is 3.16. The number of nitrogens with one attached hydrogen (secondary N) is 2. The second-order valence-corrected chi connectivity index (χ2v) is 6.19. The van der Waals surface area contributed by atoms with E-state index in [0.717, 1.165) is 35.4 Å². The van der Waals surface area contributed by atoms with Crippen LogP contribution >= 0.6 is 0 Å². The van der Waals surface area contributed by atoms with E-state index in [1.807, 2.05) is 42.6 Å². The average molecular weight is 336 g/mol. The van der Waals surface area contributed by atoms with Gasteiger partial charge >= 0.3 is 0 Å². The maximum Gasteiger partial charge on any atom is 0.273 e. The van der Waals surface area contributed by atoms with Crippen LogP contribution in [0.15, 0.2) is 42.6 Å². The van der Waals surface area contributed by atoms with E-state index in [1.54, 1.807) is 7.11 Å². The molecule has 1 amide bonds. The zero-order chi connectivity index (χ0) is 17.2. The van der Waals surface area contributed by atoms with Crippen LogP contribution in [0.3, 0.4) is 0 Å². The number of nitrogens with zero attached hydrogens (tertiary/aromatic N) is 2. The van der Waals surface area contributed by atoms with Gasteiger partial charge in [0.2, 0.25) is 0 Å². The second kappa shape index (κ2) is 6.47. The van der Waals surface area contributed by atoms with Crippen LogP contribution in [0.2, 0.25) is 0 Å². The van der Waals surface area contributed by atoms with Crippen LogP contribution in [-0.2, 0) is 0 Å². The number of anilines is 2. The smallest absolute Gasteiger partial charge is 0.273 e. The van der Waals surface area contributed by atoms with Gasteiger partial charge in [-0.2, -0.15) is 0 Å². The van der Waals surface area contributed by atoms with E-state index in [-0.39, 0.29) is 5.91 Å². The summed E-state index contributed by atoms with van der Waals surface area (Å²) in [6, 6.07) is 11.3. The van der Waals surface area contributed by atoms with Gasteiger partial charge in [-0.05, 0) is 43.2 Å². The van der Waals surface area contributed by atoms with E-state index in [9.17, 15) is 4.79 Å². The van der Waals surface area contributed by atoms with Crippen molar-refractivity contribution in [1.29, 1.82) is 0 Å². The quantitative estimate of drug-likeness (QED) is 0.766. The molecule has 0 spiro atoms. The van der Waals surface area contributed by atoms with Crippen molar-refractivity contribution in [2.24, 2.45) is 0 Å². The summed E-state index contributed by atoms with van der Waals surface area (Å²) in [6.45, 7) is 2.15. The molecule has 4 rings (SSSR count). The highest BCUT2D eigenvalue weighted by Crippen LogP contribution is 2.23. The number of aromatic nitrogens is 2. The Bertz CT molecular complexity index is 895. The minimum atomic E-state index is -0.211. The van der Waals surface area contributed by atoms with Gasteiger partial charge in [-0.15, -0.1) is 0 Å². The molecule has 0 unspecified atom stereocenters. The molecule has 3 aromatic rings. The Labute approximate surface area is 145 Å². The number of hydrogen-bond acceptors (Lipinski definition) is 4. The van der Waals surface area contributed by atoms with Gasteiger partial charge < -0.3 is 19.9 Å². The highest BCUT2D eigenvalue weighted by molar-refractivity contribution is 6.05. The van der Waals surface area contributed by atoms with Gasteiger partial charge in [-0.3, -0.25) is 4.79 Å². The van der Waals surface area contributed by atoms with Crippen LogP contribution in [0.4, 0.5) is 11.5 Å². The van der Waals surface area contributed by atoms with Crippen molar-refractivity contribution < 1.29 is 9.53 Å². The lowest BCUT2D eigenvalue weighted by molar-refractivity contribution is 0.102. The highest BCUT2D eigenvalue weighted by Gasteiger charge is 2.14. The van der Waals surface area contributed by atoms with E-state index in [4.69, 9.17) is 4.74 Å². The lowest BCUT2D eigenvalue weighted by Gasteiger charge is -2.17. The number of carbonyl (C=O) groups excluding carboxylic acids is 1. The number of ether oxygens (including phenoxy) is 1. The molecule has 2 N–H and O–H groups in total. The van der Waals surface area contributed by atoms with E-state index >= 15 is 0 Å². The van der Waals surface area contributed by atoms with Gasteiger partial charge in [0.25, 0.3) is 5.91 Å². The number of pyridine rings is 1. The number of amides is 1. The Morgan fingerprint density at radius 1 is 1.20 bits per heavy atom. The van der Waals surface area contributed by atoms with Crippen LogP contribution in [0.1, 0.15) is 23.3 Å². The van der Waals surface area contributed by atoms with Crippen LogP contribution in [0, 0.1) is 0 Å². The minimum absolute atomic E-state index is 0.211. The van der Waals surface area contributed by atoms with Gasteiger partial charge in [-0.1, -0.05) is 0 Å². The summed E-state index contributed by atoms with van der Waals surface area (Å²) < 4.78 is 5.21. The number of fused-ring (bicyclic) bond motifs is 1. The average Bonchev–Trinajstić information content (AvgIpc) is 3.31. The highest BCUT2D eigenvalue weighted by atomic mass is 16.5. The first-order chi connectivity index (χ1) is 12.2. The predicted molar refractivity (Wildman–Crippen MR) is 98.5 cm³/mol. The number of carbonyl (C=O) groups is 1. The summed E-state index contributed by atoms with van der Waals surface area (Å²) in [4.78, 5) is 22.2. The molecule has 0 radical (unpaired) electrons. The number of rotatable bonds is 4. The molecular formula is C19H20N4O2. The molecule has 1 saturated heterocycles. The third-order valence-corrected chi connectivity index (χ3v) is 4.53. The molecule has 1 fully saturated rings. The molecule has 1 aromatic carbocycles. The molecule has 128 valence electrons. The van der Waals surface area contributed by atoms with Gasteiger partial charge in [0.05, 0.1) is 19.0 Å². The molecule has 0 saturated carbocycles. The Morgan fingerprint density at radius 3 is 2.76 bits per heavy atom. The number of H-pyrrole nitrogens is 1. The molecule has 25 heavy (non-hydrogen) atoms. The lowest BCUT2D eigenvalue weighted by Crippen LogP contribution is -2.18. The third kappa shape index (κ3) is 3.15. The molecule has 2 aromatic heterocycles. The van der Waals surface area contributed by atoms with E-state index < -0.39 is 0 Å². The molecule has 6 nitrogen and oxygen atoms in total. The molecular weight excluding hydrogens is 316 g/mol. The van der Waals surface area contributed by atoms with Crippen LogP contribution in [-0.4, -0.2) is 36.1 Å². The first-order valence-electron chi connectivity index (χ1n) is 8.42. The fraction of sp³-hybridized carbons (Fsp3) is 0.263. The van der Waals surface area contributed by atoms with Crippen LogP contribution in [0.25, 0.3) is 10.9 Å². The Balaban J connectivity index is 1.49. The maximum atomic E-state index is 12.5. The topological polar surface area (TPSA) is 70.2 Å². The van der Waals surface area contributed by atoms with E-state index in [2.05, 4.69) is 20.2 Å². The fourth-order valence-corrected chi connectivity index (χ4v) is 3.16. The number of methoxy groups -OCH3 is 1. The molecule has 1 aliphatic heterocycles. The van der Waals surface area contributed by atoms with Gasteiger partial charge in [-0.25, -0.2) is 4.98 Å². The molecule has 3 heterocycles. The Kier molecular flexibility index (Phi) is 4.01. The summed E-state index contributed by atoms with van der Waals surface area (Å²) in [5.74, 6) is 1.08. The number of hydrogen-bond donors (Lipinski definition) is 2. The van der Waals surface area contributed by atoms with Crippen molar-refractivity contribution in [3.05, 3.63) is 48.3 Å². The van der Waals surface area contributed by atoms with E-state index in [0.29, 0.717) is 11.5 Å². The molecule has 0 bridgehead atoms. The zero-order valence-electron chi connectivity index (χ0n) is 14.1.